The molecule has 1 amide bonds. The molecule has 3 aromatic heterocycles. The van der Waals surface area contributed by atoms with Crippen molar-refractivity contribution in [2.45, 2.75) is 25.7 Å². The number of nitriles is 1. The molecule has 6 nitrogen and oxygen atoms in total. The Morgan fingerprint density at radius 2 is 1.94 bits per heavy atom. The zero-order valence-electron chi connectivity index (χ0n) is 16.2. The number of thiophene rings is 1. The Bertz CT molecular complexity index is 1360. The first kappa shape index (κ1) is 20.0. The van der Waals surface area contributed by atoms with E-state index in [0.717, 1.165) is 36.8 Å². The van der Waals surface area contributed by atoms with Gasteiger partial charge in [-0.25, -0.2) is 9.50 Å². The average molecular weight is 468 g/mol. The number of amides is 1. The van der Waals surface area contributed by atoms with E-state index in [1.807, 2.05) is 0 Å². The van der Waals surface area contributed by atoms with Gasteiger partial charge in [0.15, 0.2) is 11.3 Å². The first-order valence-electron chi connectivity index (χ1n) is 9.71. The molecule has 9 heteroatoms. The maximum Gasteiger partial charge on any atom is 0.276 e. The molecule has 0 atom stereocenters. The van der Waals surface area contributed by atoms with Crippen LogP contribution in [0.4, 0.5) is 5.00 Å². The van der Waals surface area contributed by atoms with Crippen LogP contribution in [-0.2, 0) is 12.8 Å². The monoisotopic (exact) mass is 467 g/mol. The van der Waals surface area contributed by atoms with Crippen LogP contribution in [-0.4, -0.2) is 20.5 Å². The van der Waals surface area contributed by atoms with Crippen LogP contribution in [0, 0.1) is 11.3 Å². The van der Waals surface area contributed by atoms with E-state index in [1.165, 1.54) is 16.2 Å². The van der Waals surface area contributed by atoms with Crippen LogP contribution in [0.25, 0.3) is 16.9 Å². The molecule has 1 aliphatic rings. The number of halogens is 2. The Balaban J connectivity index is 1.51. The Morgan fingerprint density at radius 3 is 2.71 bits per heavy atom. The summed E-state index contributed by atoms with van der Waals surface area (Å²) in [6.07, 6.45) is 5.66. The number of fused-ring (bicyclic) bond motifs is 2. The van der Waals surface area contributed by atoms with Gasteiger partial charge in [-0.3, -0.25) is 4.79 Å². The second kappa shape index (κ2) is 7.97. The second-order valence-corrected chi connectivity index (χ2v) is 9.25. The number of hydrogen-bond acceptors (Lipinski definition) is 5. The highest BCUT2D eigenvalue weighted by Gasteiger charge is 2.23. The number of hydrogen-bond donors (Lipinski definition) is 1. The van der Waals surface area contributed by atoms with Crippen LogP contribution in [0.1, 0.15) is 39.3 Å². The van der Waals surface area contributed by atoms with Gasteiger partial charge in [0.25, 0.3) is 5.91 Å². The van der Waals surface area contributed by atoms with Crippen molar-refractivity contribution in [1.29, 1.82) is 5.26 Å². The minimum absolute atomic E-state index is 0.211. The quantitative estimate of drug-likeness (QED) is 0.414. The van der Waals surface area contributed by atoms with E-state index >= 15 is 0 Å². The summed E-state index contributed by atoms with van der Waals surface area (Å²) in [5.41, 5.74) is 3.85. The van der Waals surface area contributed by atoms with E-state index in [0.29, 0.717) is 32.0 Å². The molecule has 1 aliphatic carbocycles. The zero-order valence-corrected chi connectivity index (χ0v) is 18.5. The minimum atomic E-state index is -0.379. The summed E-state index contributed by atoms with van der Waals surface area (Å²) in [7, 11) is 0. The van der Waals surface area contributed by atoms with Gasteiger partial charge in [0, 0.05) is 32.7 Å². The largest absolute Gasteiger partial charge is 0.311 e. The first-order valence-corrected chi connectivity index (χ1v) is 11.3. The van der Waals surface area contributed by atoms with Crippen LogP contribution >= 0.6 is 34.5 Å². The lowest BCUT2D eigenvalue weighted by Gasteiger charge is -2.09. The molecule has 0 saturated heterocycles. The van der Waals surface area contributed by atoms with E-state index in [-0.39, 0.29) is 11.6 Å². The fourth-order valence-electron chi connectivity index (χ4n) is 3.87. The summed E-state index contributed by atoms with van der Waals surface area (Å²) < 4.78 is 1.58. The van der Waals surface area contributed by atoms with Gasteiger partial charge in [-0.15, -0.1) is 11.3 Å². The van der Waals surface area contributed by atoms with Crippen molar-refractivity contribution in [1.82, 2.24) is 14.6 Å². The highest BCUT2D eigenvalue weighted by molar-refractivity contribution is 7.16. The summed E-state index contributed by atoms with van der Waals surface area (Å²) in [5, 5.41) is 18.6. The third-order valence-corrected chi connectivity index (χ3v) is 6.90. The van der Waals surface area contributed by atoms with Gasteiger partial charge < -0.3 is 5.32 Å². The van der Waals surface area contributed by atoms with Crippen LogP contribution in [0.2, 0.25) is 10.0 Å². The Kier molecular flexibility index (Phi) is 5.14. The fraction of sp³-hybridized carbons (Fsp3) is 0.182. The maximum absolute atomic E-state index is 13.0. The molecule has 0 spiro atoms. The van der Waals surface area contributed by atoms with Gasteiger partial charge >= 0.3 is 0 Å². The minimum Gasteiger partial charge on any atom is -0.311 e. The Labute approximate surface area is 192 Å². The first-order chi connectivity index (χ1) is 15.0. The van der Waals surface area contributed by atoms with Crippen LogP contribution in [0.15, 0.2) is 36.5 Å². The number of nitrogens with one attached hydrogen (secondary N) is 1. The zero-order chi connectivity index (χ0) is 21.5. The van der Waals surface area contributed by atoms with Crippen LogP contribution in [0.3, 0.4) is 0 Å². The molecule has 1 aromatic carbocycles. The van der Waals surface area contributed by atoms with Crippen LogP contribution in [0.5, 0.6) is 0 Å². The lowest BCUT2D eigenvalue weighted by Crippen LogP contribution is -2.13. The van der Waals surface area contributed by atoms with Gasteiger partial charge in [-0.2, -0.15) is 10.4 Å². The third kappa shape index (κ3) is 3.68. The topological polar surface area (TPSA) is 83.1 Å². The number of carbonyl (C=O) groups excluding carboxylic acids is 1. The van der Waals surface area contributed by atoms with Gasteiger partial charge in [0.2, 0.25) is 0 Å². The highest BCUT2D eigenvalue weighted by atomic mass is 35.5. The molecule has 5 rings (SSSR count). The molecule has 0 radical (unpaired) electrons. The molecule has 0 aliphatic heterocycles. The molecule has 154 valence electrons. The number of aryl methyl sites for hydroxylation is 1. The van der Waals surface area contributed by atoms with Crippen molar-refractivity contribution in [3.05, 3.63) is 68.3 Å². The molecule has 0 saturated carbocycles. The number of rotatable bonds is 3. The highest BCUT2D eigenvalue weighted by Crippen LogP contribution is 2.37. The molecule has 4 aromatic rings. The van der Waals surface area contributed by atoms with Crippen molar-refractivity contribution >= 4 is 51.1 Å². The van der Waals surface area contributed by atoms with Crippen molar-refractivity contribution in [3.8, 4) is 17.3 Å². The SMILES string of the molecule is N#Cc1c(NC(=O)c2cc3nccc(-c4cc(Cl)cc(Cl)c4)n3n2)sc2c1CCCC2. The van der Waals surface area contributed by atoms with E-state index in [2.05, 4.69) is 21.5 Å². The number of carbonyl (C=O) groups is 1. The van der Waals surface area contributed by atoms with Crippen molar-refractivity contribution in [2.24, 2.45) is 0 Å². The maximum atomic E-state index is 13.0. The molecule has 1 N–H and O–H groups in total. The summed E-state index contributed by atoms with van der Waals surface area (Å²) in [5.74, 6) is -0.379. The summed E-state index contributed by atoms with van der Waals surface area (Å²) >= 11 is 13.8. The molecule has 0 bridgehead atoms. The van der Waals surface area contributed by atoms with Gasteiger partial charge in [0.1, 0.15) is 11.1 Å². The van der Waals surface area contributed by atoms with E-state index < -0.39 is 0 Å². The molecule has 0 fully saturated rings. The summed E-state index contributed by atoms with van der Waals surface area (Å²) in [6, 6.07) is 10.9. The Morgan fingerprint density at radius 1 is 1.16 bits per heavy atom. The predicted octanol–water partition coefficient (Wildman–Crippen LogP) is 5.77. The fourth-order valence-corrected chi connectivity index (χ4v) is 5.63. The molecular weight excluding hydrogens is 453 g/mol. The van der Waals surface area contributed by atoms with E-state index in [1.54, 1.807) is 41.0 Å². The molecule has 3 heterocycles. The van der Waals surface area contributed by atoms with Gasteiger partial charge in [-0.1, -0.05) is 23.2 Å². The predicted molar refractivity (Wildman–Crippen MR) is 122 cm³/mol. The van der Waals surface area contributed by atoms with Crippen molar-refractivity contribution in [3.63, 3.8) is 0 Å². The Hall–Kier alpha value is -2.92. The number of benzene rings is 1. The van der Waals surface area contributed by atoms with E-state index in [4.69, 9.17) is 23.2 Å². The standard InChI is InChI=1S/C22H15Cl2N5OS/c23-13-7-12(8-14(24)9-13)18-5-6-26-20-10-17(28-29(18)20)21(30)27-22-16(11-25)15-3-1-2-4-19(15)31-22/h5-10H,1-4H2,(H,27,30). The summed E-state index contributed by atoms with van der Waals surface area (Å²) in [4.78, 5) is 18.5. The summed E-state index contributed by atoms with van der Waals surface area (Å²) in [6.45, 7) is 0. The normalized spacial score (nSPS) is 13.1. The number of anilines is 1. The average Bonchev–Trinajstić information content (AvgIpc) is 3.33. The van der Waals surface area contributed by atoms with Gasteiger partial charge in [0.05, 0.1) is 11.3 Å². The van der Waals surface area contributed by atoms with Crippen molar-refractivity contribution < 1.29 is 4.79 Å². The van der Waals surface area contributed by atoms with Gasteiger partial charge in [-0.05, 0) is 55.5 Å². The molecule has 0 unspecified atom stereocenters. The van der Waals surface area contributed by atoms with Crippen molar-refractivity contribution in [2.75, 3.05) is 5.32 Å². The van der Waals surface area contributed by atoms with Crippen LogP contribution < -0.4 is 5.32 Å². The second-order valence-electron chi connectivity index (χ2n) is 7.27. The molecule has 31 heavy (non-hydrogen) atoms. The van der Waals surface area contributed by atoms with E-state index in [9.17, 15) is 10.1 Å². The lowest BCUT2D eigenvalue weighted by molar-refractivity contribution is 0.102. The smallest absolute Gasteiger partial charge is 0.276 e. The lowest BCUT2D eigenvalue weighted by atomic mass is 9.96. The number of aromatic nitrogens is 3. The third-order valence-electron chi connectivity index (χ3n) is 5.26. The molecular formula is C22H15Cl2N5OS. The number of nitrogens with zero attached hydrogens (tertiary/aromatic N) is 4.